The maximum absolute atomic E-state index is 13.9. The van der Waals surface area contributed by atoms with Gasteiger partial charge in [-0.15, -0.1) is 0 Å². The number of hydrogen-bond acceptors (Lipinski definition) is 4. The van der Waals surface area contributed by atoms with E-state index in [4.69, 9.17) is 46.4 Å². The first-order valence-electron chi connectivity index (χ1n) is 11.9. The van der Waals surface area contributed by atoms with Crippen LogP contribution >= 0.6 is 46.4 Å². The standard InChI is InChI=1S/C27H27Cl4N3O4S/c1-17(2)32-27(36)18(3)33(15-19-9-10-20(28)14-25(19)31)26(35)16-34(23-12-21(29)11-22(30)13-23)39(37,38)24-7-5-4-6-8-24/h4-14,17-18H,15-16H2,1-3H3,(H,32,36)/t18-/m1/s1. The van der Waals surface area contributed by atoms with E-state index in [1.165, 1.54) is 41.3 Å². The van der Waals surface area contributed by atoms with Crippen LogP contribution in [0.15, 0.2) is 71.6 Å². The summed E-state index contributed by atoms with van der Waals surface area (Å²) in [6, 6.07) is 15.6. The minimum atomic E-state index is -4.24. The van der Waals surface area contributed by atoms with E-state index < -0.39 is 34.4 Å². The summed E-state index contributed by atoms with van der Waals surface area (Å²) >= 11 is 24.8. The Labute approximate surface area is 248 Å². The molecule has 12 heteroatoms. The van der Waals surface area contributed by atoms with Gasteiger partial charge in [0.2, 0.25) is 11.8 Å². The number of carbonyl (C=O) groups is 2. The monoisotopic (exact) mass is 629 g/mol. The fraction of sp³-hybridized carbons (Fsp3) is 0.259. The van der Waals surface area contributed by atoms with E-state index in [1.807, 2.05) is 0 Å². The Kier molecular flexibility index (Phi) is 10.5. The first-order valence-corrected chi connectivity index (χ1v) is 14.8. The summed E-state index contributed by atoms with van der Waals surface area (Å²) in [5.74, 6) is -1.06. The molecule has 1 atom stereocenters. The number of sulfonamides is 1. The molecule has 2 amide bonds. The highest BCUT2D eigenvalue weighted by Gasteiger charge is 2.33. The Balaban J connectivity index is 2.07. The number of halogens is 4. The summed E-state index contributed by atoms with van der Waals surface area (Å²) in [6.45, 7) is 4.44. The highest BCUT2D eigenvalue weighted by atomic mass is 35.5. The molecule has 208 valence electrons. The van der Waals surface area contributed by atoms with E-state index in [0.29, 0.717) is 15.6 Å². The normalized spacial score (nSPS) is 12.2. The predicted molar refractivity (Wildman–Crippen MR) is 157 cm³/mol. The van der Waals surface area contributed by atoms with Crippen molar-refractivity contribution < 1.29 is 18.0 Å². The third-order valence-corrected chi connectivity index (χ3v) is 8.51. The molecular formula is C27H27Cl4N3O4S. The number of carbonyl (C=O) groups excluding carboxylic acids is 2. The molecule has 1 N–H and O–H groups in total. The molecule has 7 nitrogen and oxygen atoms in total. The zero-order valence-corrected chi connectivity index (χ0v) is 25.2. The van der Waals surface area contributed by atoms with Gasteiger partial charge in [-0.2, -0.15) is 0 Å². The third-order valence-electron chi connectivity index (χ3n) is 5.70. The summed E-state index contributed by atoms with van der Waals surface area (Å²) in [5.41, 5.74) is 0.621. The van der Waals surface area contributed by atoms with Gasteiger partial charge in [0.25, 0.3) is 10.0 Å². The van der Waals surface area contributed by atoms with Crippen LogP contribution in [0.3, 0.4) is 0 Å². The topological polar surface area (TPSA) is 86.8 Å². The van der Waals surface area contributed by atoms with Gasteiger partial charge in [0.15, 0.2) is 0 Å². The van der Waals surface area contributed by atoms with Crippen molar-refractivity contribution in [3.63, 3.8) is 0 Å². The number of nitrogens with one attached hydrogen (secondary N) is 1. The van der Waals surface area contributed by atoms with Gasteiger partial charge in [-0.25, -0.2) is 8.42 Å². The molecule has 39 heavy (non-hydrogen) atoms. The number of rotatable bonds is 10. The van der Waals surface area contributed by atoms with E-state index in [-0.39, 0.29) is 33.2 Å². The van der Waals surface area contributed by atoms with Crippen LogP contribution in [-0.4, -0.2) is 43.8 Å². The van der Waals surface area contributed by atoms with E-state index in [2.05, 4.69) is 5.32 Å². The van der Waals surface area contributed by atoms with Crippen LogP contribution in [0.1, 0.15) is 26.3 Å². The molecule has 0 unspecified atom stereocenters. The van der Waals surface area contributed by atoms with Crippen molar-refractivity contribution in [3.05, 3.63) is 92.4 Å². The maximum Gasteiger partial charge on any atom is 0.264 e. The van der Waals surface area contributed by atoms with Crippen molar-refractivity contribution in [2.24, 2.45) is 0 Å². The molecule has 0 radical (unpaired) electrons. The molecule has 0 fully saturated rings. The zero-order valence-electron chi connectivity index (χ0n) is 21.4. The molecule has 0 aromatic heterocycles. The number of nitrogens with zero attached hydrogens (tertiary/aromatic N) is 2. The third kappa shape index (κ3) is 8.02. The second kappa shape index (κ2) is 13.2. The predicted octanol–water partition coefficient (Wildman–Crippen LogP) is 6.44. The molecule has 0 heterocycles. The van der Waals surface area contributed by atoms with Crippen LogP contribution in [0.2, 0.25) is 20.1 Å². The summed E-state index contributed by atoms with van der Waals surface area (Å²) in [6.07, 6.45) is 0. The summed E-state index contributed by atoms with van der Waals surface area (Å²) in [5, 5.41) is 3.87. The highest BCUT2D eigenvalue weighted by molar-refractivity contribution is 7.92. The molecule has 0 aliphatic rings. The number of benzene rings is 3. The number of hydrogen-bond donors (Lipinski definition) is 1. The maximum atomic E-state index is 13.9. The van der Waals surface area contributed by atoms with Gasteiger partial charge in [0.05, 0.1) is 10.6 Å². The molecule has 3 aromatic carbocycles. The molecule has 0 saturated carbocycles. The summed E-state index contributed by atoms with van der Waals surface area (Å²) in [7, 11) is -4.24. The van der Waals surface area contributed by atoms with Crippen molar-refractivity contribution in [3.8, 4) is 0 Å². The quantitative estimate of drug-likeness (QED) is 0.279. The average Bonchev–Trinajstić information content (AvgIpc) is 2.85. The van der Waals surface area contributed by atoms with Gasteiger partial charge in [-0.05, 0) is 68.8 Å². The summed E-state index contributed by atoms with van der Waals surface area (Å²) in [4.78, 5) is 28.1. The second-order valence-corrected chi connectivity index (χ2v) is 12.6. The van der Waals surface area contributed by atoms with Gasteiger partial charge < -0.3 is 10.2 Å². The number of amides is 2. The Morgan fingerprint density at radius 2 is 1.46 bits per heavy atom. The fourth-order valence-corrected chi connectivity index (χ4v) is 6.15. The molecule has 0 bridgehead atoms. The van der Waals surface area contributed by atoms with Gasteiger partial charge in [0, 0.05) is 32.7 Å². The minimum absolute atomic E-state index is 0.0354. The van der Waals surface area contributed by atoms with E-state index in [0.717, 1.165) is 4.31 Å². The summed E-state index contributed by atoms with van der Waals surface area (Å²) < 4.78 is 28.5. The molecule has 0 aliphatic carbocycles. The molecule has 0 saturated heterocycles. The van der Waals surface area contributed by atoms with Crippen LogP contribution in [0, 0.1) is 0 Å². The van der Waals surface area contributed by atoms with Crippen LogP contribution in [0.5, 0.6) is 0 Å². The minimum Gasteiger partial charge on any atom is -0.352 e. The van der Waals surface area contributed by atoms with E-state index in [9.17, 15) is 18.0 Å². The van der Waals surface area contributed by atoms with Crippen LogP contribution in [0.4, 0.5) is 5.69 Å². The van der Waals surface area contributed by atoms with Gasteiger partial charge in [-0.3, -0.25) is 13.9 Å². The first kappa shape index (κ1) is 31.0. The molecular weight excluding hydrogens is 604 g/mol. The largest absolute Gasteiger partial charge is 0.352 e. The van der Waals surface area contributed by atoms with Gasteiger partial charge >= 0.3 is 0 Å². The Morgan fingerprint density at radius 3 is 2.03 bits per heavy atom. The number of anilines is 1. The van der Waals surface area contributed by atoms with Crippen LogP contribution in [-0.2, 0) is 26.2 Å². The first-order chi connectivity index (χ1) is 18.3. The lowest BCUT2D eigenvalue weighted by molar-refractivity contribution is -0.139. The molecule has 3 rings (SSSR count). The van der Waals surface area contributed by atoms with Crippen LogP contribution in [0.25, 0.3) is 0 Å². The van der Waals surface area contributed by atoms with Crippen LogP contribution < -0.4 is 9.62 Å². The van der Waals surface area contributed by atoms with E-state index in [1.54, 1.807) is 51.1 Å². The Morgan fingerprint density at radius 1 is 0.846 bits per heavy atom. The SMILES string of the molecule is CC(C)NC(=O)[C@@H](C)N(Cc1ccc(Cl)cc1Cl)C(=O)CN(c1cc(Cl)cc(Cl)c1)S(=O)(=O)c1ccccc1. The molecule has 0 aliphatic heterocycles. The van der Waals surface area contributed by atoms with Crippen molar-refractivity contribution >= 4 is 73.9 Å². The van der Waals surface area contributed by atoms with Crippen molar-refractivity contribution in [1.82, 2.24) is 10.2 Å². The lowest BCUT2D eigenvalue weighted by atomic mass is 10.1. The lowest BCUT2D eigenvalue weighted by Gasteiger charge is -2.32. The smallest absolute Gasteiger partial charge is 0.264 e. The Bertz CT molecular complexity index is 1430. The van der Waals surface area contributed by atoms with E-state index >= 15 is 0 Å². The average molecular weight is 631 g/mol. The molecule has 3 aromatic rings. The van der Waals surface area contributed by atoms with Crippen molar-refractivity contribution in [2.75, 3.05) is 10.8 Å². The lowest BCUT2D eigenvalue weighted by Crippen LogP contribution is -2.52. The fourth-order valence-electron chi connectivity index (χ4n) is 3.75. The van der Waals surface area contributed by atoms with Crippen molar-refractivity contribution in [1.29, 1.82) is 0 Å². The Hall–Kier alpha value is -2.49. The zero-order chi connectivity index (χ0) is 28.9. The van der Waals surface area contributed by atoms with Crippen molar-refractivity contribution in [2.45, 2.75) is 44.3 Å². The second-order valence-electron chi connectivity index (χ2n) is 9.05. The highest BCUT2D eigenvalue weighted by Crippen LogP contribution is 2.30. The van der Waals surface area contributed by atoms with Gasteiger partial charge in [0.1, 0.15) is 12.6 Å². The molecule has 0 spiro atoms. The van der Waals surface area contributed by atoms with Gasteiger partial charge in [-0.1, -0.05) is 70.7 Å².